The van der Waals surface area contributed by atoms with Crippen molar-refractivity contribution in [3.05, 3.63) is 12.2 Å². The highest BCUT2D eigenvalue weighted by atomic mass is 35.5. The van der Waals surface area contributed by atoms with E-state index >= 15 is 0 Å². The van der Waals surface area contributed by atoms with E-state index in [-0.39, 0.29) is 4.84 Å². The zero-order valence-electron chi connectivity index (χ0n) is 4.93. The third-order valence-electron chi connectivity index (χ3n) is 0.673. The summed E-state index contributed by atoms with van der Waals surface area (Å²) in [6.07, 6.45) is 3.60. The van der Waals surface area contributed by atoms with Crippen molar-refractivity contribution >= 4 is 23.2 Å². The van der Waals surface area contributed by atoms with Crippen LogP contribution in [0.3, 0.4) is 0 Å². The van der Waals surface area contributed by atoms with Gasteiger partial charge in [-0.05, 0) is 6.42 Å². The maximum atomic E-state index is 5.39. The summed E-state index contributed by atoms with van der Waals surface area (Å²) in [5.74, 6) is 0. The van der Waals surface area contributed by atoms with Gasteiger partial charge in [0.15, 0.2) is 0 Å². The Hall–Kier alpha value is 0.240. The molecule has 2 nitrogen and oxygen atoms in total. The first kappa shape index (κ1) is 9.24. The molecule has 54 valence electrons. The molecule has 0 aromatic rings. The van der Waals surface area contributed by atoms with E-state index in [2.05, 4.69) is 0 Å². The highest BCUT2D eigenvalue weighted by Gasteiger charge is 1.92. The molecular formula is C5H10Cl2N2. The molecule has 0 aliphatic carbocycles. The third-order valence-corrected chi connectivity index (χ3v) is 1.03. The summed E-state index contributed by atoms with van der Waals surface area (Å²) >= 11 is 10.8. The Bertz CT molecular complexity index is 91.0. The molecule has 0 aliphatic rings. The molecule has 0 spiro atoms. The molecule has 0 aliphatic heterocycles. The third kappa shape index (κ3) is 8.24. The van der Waals surface area contributed by atoms with Gasteiger partial charge < -0.3 is 11.5 Å². The highest BCUT2D eigenvalue weighted by molar-refractivity contribution is 6.44. The zero-order chi connectivity index (χ0) is 7.28. The number of nitrogens with two attached hydrogens (primary N) is 2. The Morgan fingerprint density at radius 1 is 1.33 bits per heavy atom. The van der Waals surface area contributed by atoms with Gasteiger partial charge in [-0.15, -0.1) is 23.2 Å². The molecule has 0 unspecified atom stereocenters. The number of halogens is 2. The topological polar surface area (TPSA) is 52.0 Å². The van der Waals surface area contributed by atoms with Gasteiger partial charge in [0.05, 0.1) is 6.17 Å². The second kappa shape index (κ2) is 5.06. The summed E-state index contributed by atoms with van der Waals surface area (Å²) in [6.45, 7) is 0. The second-order valence-electron chi connectivity index (χ2n) is 1.63. The number of rotatable bonds is 3. The summed E-state index contributed by atoms with van der Waals surface area (Å²) in [6, 6.07) is 0. The number of allylic oxidation sites excluding steroid dienone is 1. The van der Waals surface area contributed by atoms with Crippen LogP contribution < -0.4 is 11.5 Å². The van der Waals surface area contributed by atoms with Crippen LogP contribution in [-0.4, -0.2) is 11.0 Å². The normalized spacial score (nSPS) is 12.2. The van der Waals surface area contributed by atoms with Crippen LogP contribution in [0.25, 0.3) is 0 Å². The highest BCUT2D eigenvalue weighted by Crippen LogP contribution is 2.06. The Morgan fingerprint density at radius 3 is 2.22 bits per heavy atom. The molecule has 0 heterocycles. The molecule has 0 atom stereocenters. The van der Waals surface area contributed by atoms with E-state index < -0.39 is 6.17 Å². The van der Waals surface area contributed by atoms with Crippen LogP contribution >= 0.6 is 23.2 Å². The predicted octanol–water partition coefficient (Wildman–Crippen LogP) is 0.980. The van der Waals surface area contributed by atoms with Crippen molar-refractivity contribution in [2.75, 3.05) is 0 Å². The predicted molar refractivity (Wildman–Crippen MR) is 41.4 cm³/mol. The van der Waals surface area contributed by atoms with Crippen molar-refractivity contribution < 1.29 is 0 Å². The molecule has 9 heavy (non-hydrogen) atoms. The van der Waals surface area contributed by atoms with Crippen molar-refractivity contribution in [1.82, 2.24) is 0 Å². The van der Waals surface area contributed by atoms with Crippen molar-refractivity contribution in [1.29, 1.82) is 0 Å². The minimum Gasteiger partial charge on any atom is -0.313 e. The molecule has 0 saturated carbocycles. The molecule has 4 heteroatoms. The van der Waals surface area contributed by atoms with Crippen molar-refractivity contribution in [2.45, 2.75) is 17.4 Å². The van der Waals surface area contributed by atoms with E-state index in [0.29, 0.717) is 6.42 Å². The van der Waals surface area contributed by atoms with Gasteiger partial charge in [-0.3, -0.25) is 0 Å². The fourth-order valence-electron chi connectivity index (χ4n) is 0.339. The number of alkyl halides is 2. The van der Waals surface area contributed by atoms with Gasteiger partial charge in [0.1, 0.15) is 4.84 Å². The monoisotopic (exact) mass is 168 g/mol. The average molecular weight is 169 g/mol. The summed E-state index contributed by atoms with van der Waals surface area (Å²) in [5.41, 5.74) is 10.4. The first-order valence-electron chi connectivity index (χ1n) is 2.59. The first-order valence-corrected chi connectivity index (χ1v) is 3.46. The molecule has 0 aromatic heterocycles. The lowest BCUT2D eigenvalue weighted by molar-refractivity contribution is 0.869. The Kier molecular flexibility index (Phi) is 5.19. The largest absolute Gasteiger partial charge is 0.313 e. The fraction of sp³-hybridized carbons (Fsp3) is 0.600. The molecule has 0 rings (SSSR count). The quantitative estimate of drug-likeness (QED) is 0.376. The summed E-state index contributed by atoms with van der Waals surface area (Å²) in [7, 11) is 0. The van der Waals surface area contributed by atoms with E-state index in [4.69, 9.17) is 34.7 Å². The first-order chi connectivity index (χ1) is 4.13. The molecule has 0 amide bonds. The number of hydrogen-bond donors (Lipinski definition) is 2. The number of hydrogen-bond acceptors (Lipinski definition) is 2. The fourth-order valence-corrected chi connectivity index (χ4v) is 0.544. The van der Waals surface area contributed by atoms with Crippen LogP contribution in [-0.2, 0) is 0 Å². The van der Waals surface area contributed by atoms with Gasteiger partial charge in [-0.2, -0.15) is 0 Å². The summed E-state index contributed by atoms with van der Waals surface area (Å²) in [5, 5.41) is 0. The lowest BCUT2D eigenvalue weighted by Crippen LogP contribution is -2.27. The van der Waals surface area contributed by atoms with E-state index in [1.165, 1.54) is 0 Å². The van der Waals surface area contributed by atoms with Crippen LogP contribution in [0.1, 0.15) is 6.42 Å². The standard InChI is InChI=1S/C5H10Cl2N2/c6-4(7)2-1-3-5(8)9/h1,3-5H,2,8-9H2. The molecule has 0 fully saturated rings. The molecule has 0 saturated heterocycles. The molecule has 0 aromatic carbocycles. The van der Waals surface area contributed by atoms with Crippen LogP contribution in [0.4, 0.5) is 0 Å². The Balaban J connectivity index is 3.25. The van der Waals surface area contributed by atoms with Crippen molar-refractivity contribution in [3.8, 4) is 0 Å². The van der Waals surface area contributed by atoms with Gasteiger partial charge in [0.25, 0.3) is 0 Å². The molecule has 0 bridgehead atoms. The zero-order valence-corrected chi connectivity index (χ0v) is 6.44. The SMILES string of the molecule is NC(N)C=CCC(Cl)Cl. The molecular weight excluding hydrogens is 159 g/mol. The minimum atomic E-state index is -0.405. The lowest BCUT2D eigenvalue weighted by Gasteiger charge is -1.95. The second-order valence-corrected chi connectivity index (χ2v) is 2.91. The maximum Gasteiger partial charge on any atom is 0.111 e. The van der Waals surface area contributed by atoms with Crippen LogP contribution in [0, 0.1) is 0 Å². The minimum absolute atomic E-state index is 0.361. The van der Waals surface area contributed by atoms with Gasteiger partial charge in [0.2, 0.25) is 0 Å². The van der Waals surface area contributed by atoms with E-state index in [1.807, 2.05) is 0 Å². The summed E-state index contributed by atoms with van der Waals surface area (Å²) in [4.78, 5) is -0.361. The van der Waals surface area contributed by atoms with Crippen LogP contribution in [0.15, 0.2) is 12.2 Å². The Morgan fingerprint density at radius 2 is 1.89 bits per heavy atom. The van der Waals surface area contributed by atoms with E-state index in [0.717, 1.165) is 0 Å². The van der Waals surface area contributed by atoms with Gasteiger partial charge in [-0.1, -0.05) is 12.2 Å². The Labute approximate surface area is 64.8 Å². The van der Waals surface area contributed by atoms with Gasteiger partial charge in [-0.25, -0.2) is 0 Å². The van der Waals surface area contributed by atoms with Crippen molar-refractivity contribution in [2.24, 2.45) is 11.5 Å². The van der Waals surface area contributed by atoms with Crippen LogP contribution in [0.2, 0.25) is 0 Å². The van der Waals surface area contributed by atoms with Crippen molar-refractivity contribution in [3.63, 3.8) is 0 Å². The lowest BCUT2D eigenvalue weighted by atomic mass is 10.4. The smallest absolute Gasteiger partial charge is 0.111 e. The summed E-state index contributed by atoms with van der Waals surface area (Å²) < 4.78 is 0. The van der Waals surface area contributed by atoms with Gasteiger partial charge >= 0.3 is 0 Å². The average Bonchev–Trinajstić information content (AvgIpc) is 1.63. The molecule has 4 N–H and O–H groups in total. The van der Waals surface area contributed by atoms with Gasteiger partial charge in [0, 0.05) is 0 Å². The maximum absolute atomic E-state index is 5.39. The van der Waals surface area contributed by atoms with E-state index in [9.17, 15) is 0 Å². The van der Waals surface area contributed by atoms with E-state index in [1.54, 1.807) is 12.2 Å². The molecule has 0 radical (unpaired) electrons. The van der Waals surface area contributed by atoms with Crippen LogP contribution in [0.5, 0.6) is 0 Å².